The Morgan fingerprint density at radius 3 is 2.69 bits per heavy atom. The highest BCUT2D eigenvalue weighted by Crippen LogP contribution is 2.29. The summed E-state index contributed by atoms with van der Waals surface area (Å²) < 4.78 is 35.5. The van der Waals surface area contributed by atoms with Crippen LogP contribution in [0.15, 0.2) is 29.2 Å². The topological polar surface area (TPSA) is 12.0 Å². The highest BCUT2D eigenvalue weighted by Gasteiger charge is 2.27. The van der Waals surface area contributed by atoms with Crippen LogP contribution in [0.4, 0.5) is 18.9 Å². The molecule has 0 unspecified atom stereocenters. The molecule has 0 fully saturated rings. The van der Waals surface area contributed by atoms with E-state index in [2.05, 4.69) is 5.32 Å². The Hall–Kier alpha value is -0.490. The van der Waals surface area contributed by atoms with Gasteiger partial charge in [0.2, 0.25) is 0 Å². The van der Waals surface area contributed by atoms with Crippen LogP contribution in [0, 0.1) is 0 Å². The first-order valence-corrected chi connectivity index (χ1v) is 6.81. The van der Waals surface area contributed by atoms with E-state index in [1.165, 1.54) is 0 Å². The first-order chi connectivity index (χ1) is 7.51. The Labute approximate surface area is 101 Å². The quantitative estimate of drug-likeness (QED) is 0.638. The molecule has 90 valence electrons. The largest absolute Gasteiger partial charge is 0.441 e. The highest BCUT2D eigenvalue weighted by molar-refractivity contribution is 8.00. The predicted molar refractivity (Wildman–Crippen MR) is 65.2 cm³/mol. The van der Waals surface area contributed by atoms with E-state index in [-0.39, 0.29) is 17.5 Å². The van der Waals surface area contributed by atoms with Crippen molar-refractivity contribution in [3.8, 4) is 0 Å². The molecule has 1 aromatic carbocycles. The smallest absolute Gasteiger partial charge is 0.384 e. The van der Waals surface area contributed by atoms with Crippen molar-refractivity contribution in [2.24, 2.45) is 0 Å². The van der Waals surface area contributed by atoms with Gasteiger partial charge in [-0.3, -0.25) is 0 Å². The van der Waals surface area contributed by atoms with Crippen molar-refractivity contribution in [1.82, 2.24) is 0 Å². The molecule has 0 bridgehead atoms. The van der Waals surface area contributed by atoms with Crippen LogP contribution in [0.1, 0.15) is 0 Å². The average molecular weight is 267 g/mol. The first kappa shape index (κ1) is 13.6. The maximum Gasteiger partial charge on any atom is 0.441 e. The summed E-state index contributed by atoms with van der Waals surface area (Å²) in [6.07, 6.45) is 1.96. The van der Waals surface area contributed by atoms with Crippen molar-refractivity contribution in [1.29, 1.82) is 0 Å². The molecule has 1 aromatic rings. The minimum atomic E-state index is -4.14. The summed E-state index contributed by atoms with van der Waals surface area (Å²) in [5.41, 5.74) is -3.28. The van der Waals surface area contributed by atoms with Crippen LogP contribution in [0.2, 0.25) is 0 Å². The standard InChI is InChI=1S/C10H12F3NS2/c1-15-9-4-2-3-8(7-9)14-5-6-16-10(11,12)13/h2-4,7,14H,5-6H2,1H3. The molecule has 0 saturated heterocycles. The maximum atomic E-state index is 11.8. The van der Waals surface area contributed by atoms with Crippen LogP contribution in [0.5, 0.6) is 0 Å². The highest BCUT2D eigenvalue weighted by atomic mass is 32.2. The zero-order valence-corrected chi connectivity index (χ0v) is 10.3. The van der Waals surface area contributed by atoms with E-state index >= 15 is 0 Å². The number of thioether (sulfide) groups is 2. The van der Waals surface area contributed by atoms with Crippen molar-refractivity contribution in [2.75, 3.05) is 23.9 Å². The van der Waals surface area contributed by atoms with Gasteiger partial charge in [0.05, 0.1) is 0 Å². The third kappa shape index (κ3) is 5.55. The minimum absolute atomic E-state index is 0.00494. The second kappa shape index (κ2) is 6.30. The van der Waals surface area contributed by atoms with Crippen molar-refractivity contribution >= 4 is 29.2 Å². The molecular formula is C10H12F3NS2. The summed E-state index contributed by atoms with van der Waals surface area (Å²) in [4.78, 5) is 1.09. The molecule has 0 spiro atoms. The van der Waals surface area contributed by atoms with E-state index < -0.39 is 5.51 Å². The molecule has 0 aliphatic rings. The normalized spacial score (nSPS) is 11.5. The molecule has 0 aliphatic heterocycles. The van der Waals surface area contributed by atoms with Crippen molar-refractivity contribution < 1.29 is 13.2 Å². The number of hydrogen-bond acceptors (Lipinski definition) is 3. The van der Waals surface area contributed by atoms with Gasteiger partial charge in [0.25, 0.3) is 0 Å². The van der Waals surface area contributed by atoms with E-state index in [0.29, 0.717) is 6.54 Å². The number of halogens is 3. The van der Waals surface area contributed by atoms with Crippen molar-refractivity contribution in [3.63, 3.8) is 0 Å². The lowest BCUT2D eigenvalue weighted by atomic mass is 10.3. The fraction of sp³-hybridized carbons (Fsp3) is 0.400. The number of nitrogens with one attached hydrogen (secondary N) is 1. The zero-order valence-electron chi connectivity index (χ0n) is 8.67. The molecule has 0 aromatic heterocycles. The lowest BCUT2D eigenvalue weighted by Crippen LogP contribution is -2.09. The maximum absolute atomic E-state index is 11.8. The van der Waals surface area contributed by atoms with Gasteiger partial charge in [0.15, 0.2) is 0 Å². The van der Waals surface area contributed by atoms with Gasteiger partial charge in [-0.05, 0) is 36.2 Å². The molecular weight excluding hydrogens is 255 g/mol. The Morgan fingerprint density at radius 2 is 2.06 bits per heavy atom. The molecule has 16 heavy (non-hydrogen) atoms. The fourth-order valence-corrected chi connectivity index (χ4v) is 1.99. The van der Waals surface area contributed by atoms with Gasteiger partial charge in [-0.1, -0.05) is 6.07 Å². The number of anilines is 1. The molecule has 0 heterocycles. The lowest BCUT2D eigenvalue weighted by molar-refractivity contribution is -0.0327. The number of benzene rings is 1. The van der Waals surface area contributed by atoms with Gasteiger partial charge in [0.1, 0.15) is 0 Å². The predicted octanol–water partition coefficient (Wildman–Crippen LogP) is 4.07. The third-order valence-corrected chi connectivity index (χ3v) is 3.23. The summed E-state index contributed by atoms with van der Waals surface area (Å²) in [5.74, 6) is 0.0208. The number of alkyl halides is 3. The summed E-state index contributed by atoms with van der Waals surface area (Å²) in [6, 6.07) is 7.60. The molecule has 0 saturated carbocycles. The molecule has 0 amide bonds. The average Bonchev–Trinajstić information content (AvgIpc) is 2.23. The minimum Gasteiger partial charge on any atom is -0.384 e. The molecule has 0 aliphatic carbocycles. The van der Waals surface area contributed by atoms with Gasteiger partial charge in [-0.15, -0.1) is 11.8 Å². The molecule has 1 nitrogen and oxygen atoms in total. The SMILES string of the molecule is CSc1cccc(NCCSC(F)(F)F)c1. The Morgan fingerprint density at radius 1 is 1.31 bits per heavy atom. The van der Waals surface area contributed by atoms with E-state index in [4.69, 9.17) is 0 Å². The first-order valence-electron chi connectivity index (χ1n) is 4.60. The summed E-state index contributed by atoms with van der Waals surface area (Å²) >= 11 is 1.60. The van der Waals surface area contributed by atoms with Gasteiger partial charge in [-0.2, -0.15) is 13.2 Å². The molecule has 1 rings (SSSR count). The van der Waals surface area contributed by atoms with Crippen LogP contribution in [0.25, 0.3) is 0 Å². The number of hydrogen-bond donors (Lipinski definition) is 1. The summed E-state index contributed by atoms with van der Waals surface area (Å²) in [7, 11) is 0. The van der Waals surface area contributed by atoms with E-state index in [0.717, 1.165) is 10.6 Å². The van der Waals surface area contributed by atoms with E-state index in [1.54, 1.807) is 11.8 Å². The van der Waals surface area contributed by atoms with Crippen molar-refractivity contribution in [2.45, 2.75) is 10.4 Å². The third-order valence-electron chi connectivity index (χ3n) is 1.77. The van der Waals surface area contributed by atoms with E-state index in [1.807, 2.05) is 30.5 Å². The van der Waals surface area contributed by atoms with Gasteiger partial charge < -0.3 is 5.32 Å². The van der Waals surface area contributed by atoms with Gasteiger partial charge in [-0.25, -0.2) is 0 Å². The van der Waals surface area contributed by atoms with Crippen molar-refractivity contribution in [3.05, 3.63) is 24.3 Å². The second-order valence-electron chi connectivity index (χ2n) is 2.95. The van der Waals surface area contributed by atoms with Crippen LogP contribution < -0.4 is 5.32 Å². The van der Waals surface area contributed by atoms with Crippen LogP contribution in [0.3, 0.4) is 0 Å². The van der Waals surface area contributed by atoms with Gasteiger partial charge >= 0.3 is 5.51 Å². The monoisotopic (exact) mass is 267 g/mol. The van der Waals surface area contributed by atoms with Crippen LogP contribution >= 0.6 is 23.5 Å². The Bertz CT molecular complexity index is 328. The Kier molecular flexibility index (Phi) is 5.34. The molecule has 1 N–H and O–H groups in total. The zero-order chi connectivity index (χ0) is 12.0. The van der Waals surface area contributed by atoms with Gasteiger partial charge in [0, 0.05) is 22.9 Å². The summed E-state index contributed by atoms with van der Waals surface area (Å²) in [6.45, 7) is 0.308. The second-order valence-corrected chi connectivity index (χ2v) is 4.99. The Balaban J connectivity index is 2.32. The van der Waals surface area contributed by atoms with Crippen LogP contribution in [-0.4, -0.2) is 24.1 Å². The number of rotatable bonds is 5. The lowest BCUT2D eigenvalue weighted by Gasteiger charge is -2.08. The molecule has 0 radical (unpaired) electrons. The van der Waals surface area contributed by atoms with E-state index in [9.17, 15) is 13.2 Å². The molecule has 6 heteroatoms. The molecule has 0 atom stereocenters. The fourth-order valence-electron chi connectivity index (χ4n) is 1.10. The summed E-state index contributed by atoms with van der Waals surface area (Å²) in [5, 5.41) is 2.96. The van der Waals surface area contributed by atoms with Crippen LogP contribution in [-0.2, 0) is 0 Å².